The summed E-state index contributed by atoms with van der Waals surface area (Å²) >= 11 is 0. The molecule has 12 rings (SSSR count). The highest BCUT2D eigenvalue weighted by molar-refractivity contribution is 6.19. The van der Waals surface area contributed by atoms with Crippen molar-refractivity contribution in [2.75, 3.05) is 0 Å². The number of rotatable bonds is 2. The Morgan fingerprint density at radius 3 is 1.47 bits per heavy atom. The fourth-order valence-electron chi connectivity index (χ4n) is 10.1. The SMILES string of the molecule is Cc1ccc(-c2cccc3c2C(C)(C)c2c-3c3ccccc3c3ccccc23)cc1.c1ccc2c(-c3ccc4c(ccc5ccccc54)c3)c3ccccc3cc2c1. The molecule has 0 heteroatoms. The second-order valence-electron chi connectivity index (χ2n) is 16.5. The lowest BCUT2D eigenvalue weighted by atomic mass is 9.77. The summed E-state index contributed by atoms with van der Waals surface area (Å²) in [4.78, 5) is 0. The Labute approximate surface area is 339 Å². The van der Waals surface area contributed by atoms with Crippen LogP contribution in [0.4, 0.5) is 0 Å². The van der Waals surface area contributed by atoms with Gasteiger partial charge in [-0.05, 0) is 128 Å². The molecule has 0 saturated heterocycles. The maximum absolute atomic E-state index is 2.40. The van der Waals surface area contributed by atoms with Crippen LogP contribution in [0.5, 0.6) is 0 Å². The summed E-state index contributed by atoms with van der Waals surface area (Å²) in [7, 11) is 0. The highest BCUT2D eigenvalue weighted by Crippen LogP contribution is 2.56. The van der Waals surface area contributed by atoms with E-state index in [0.29, 0.717) is 0 Å². The second-order valence-corrected chi connectivity index (χ2v) is 16.5. The smallest absolute Gasteiger partial charge is 0.0171 e. The Morgan fingerprint density at radius 2 is 0.776 bits per heavy atom. The number of benzene rings is 11. The molecular weight excluding hydrogens is 697 g/mol. The van der Waals surface area contributed by atoms with Crippen LogP contribution < -0.4 is 0 Å². The van der Waals surface area contributed by atoms with Crippen LogP contribution in [0.1, 0.15) is 30.5 Å². The first-order valence-corrected chi connectivity index (χ1v) is 20.4. The molecule has 274 valence electrons. The standard InChI is InChI=1S/C30H24.C28H18/c1-19-15-17-20(18-16-19)21-13-8-14-26-27-24-11-6-4-9-22(24)23-10-5-7-12-25(23)29(27)30(2,3)28(21)26;1-4-10-24-19(7-1)13-14-22-18-23(15-16-25(22)24)28-26-11-5-2-8-20(26)17-21-9-3-6-12-27(21)28/h4-18H,1-3H3;1-18H. The molecule has 0 radical (unpaired) electrons. The maximum Gasteiger partial charge on any atom is 0.0171 e. The monoisotopic (exact) mass is 738 g/mol. The van der Waals surface area contributed by atoms with E-state index in [0.717, 1.165) is 0 Å². The van der Waals surface area contributed by atoms with E-state index in [1.807, 2.05) is 0 Å². The molecule has 1 aliphatic carbocycles. The van der Waals surface area contributed by atoms with E-state index in [4.69, 9.17) is 0 Å². The van der Waals surface area contributed by atoms with E-state index >= 15 is 0 Å². The van der Waals surface area contributed by atoms with Gasteiger partial charge in [0.05, 0.1) is 0 Å². The van der Waals surface area contributed by atoms with Crippen molar-refractivity contribution in [3.05, 3.63) is 217 Å². The lowest BCUT2D eigenvalue weighted by Crippen LogP contribution is -2.17. The lowest BCUT2D eigenvalue weighted by molar-refractivity contribution is 0.668. The van der Waals surface area contributed by atoms with Crippen LogP contribution in [0.15, 0.2) is 200 Å². The van der Waals surface area contributed by atoms with Crippen LogP contribution >= 0.6 is 0 Å². The van der Waals surface area contributed by atoms with Gasteiger partial charge in [0.25, 0.3) is 0 Å². The van der Waals surface area contributed by atoms with E-state index in [-0.39, 0.29) is 5.41 Å². The first-order valence-electron chi connectivity index (χ1n) is 20.4. The normalized spacial score (nSPS) is 12.9. The maximum atomic E-state index is 2.40. The average molecular weight is 739 g/mol. The Morgan fingerprint density at radius 1 is 0.293 bits per heavy atom. The van der Waals surface area contributed by atoms with Crippen molar-refractivity contribution in [3.63, 3.8) is 0 Å². The van der Waals surface area contributed by atoms with E-state index in [9.17, 15) is 0 Å². The summed E-state index contributed by atoms with van der Waals surface area (Å²) < 4.78 is 0. The molecule has 0 atom stereocenters. The van der Waals surface area contributed by atoms with Gasteiger partial charge in [-0.3, -0.25) is 0 Å². The average Bonchev–Trinajstić information content (AvgIpc) is 3.52. The first-order chi connectivity index (χ1) is 28.5. The zero-order valence-corrected chi connectivity index (χ0v) is 33.1. The summed E-state index contributed by atoms with van der Waals surface area (Å²) in [5.74, 6) is 0. The Kier molecular flexibility index (Phi) is 7.85. The van der Waals surface area contributed by atoms with Crippen LogP contribution in [0, 0.1) is 6.92 Å². The lowest BCUT2D eigenvalue weighted by Gasteiger charge is -2.26. The van der Waals surface area contributed by atoms with Crippen molar-refractivity contribution in [1.29, 1.82) is 0 Å². The van der Waals surface area contributed by atoms with Gasteiger partial charge in [0, 0.05) is 5.41 Å². The largest absolute Gasteiger partial charge is 0.0616 e. The van der Waals surface area contributed by atoms with Gasteiger partial charge in [0.15, 0.2) is 0 Å². The highest BCUT2D eigenvalue weighted by atomic mass is 14.4. The third-order valence-electron chi connectivity index (χ3n) is 12.7. The molecule has 0 bridgehead atoms. The molecule has 0 unspecified atom stereocenters. The molecule has 11 aromatic carbocycles. The molecule has 1 aliphatic rings. The van der Waals surface area contributed by atoms with Crippen LogP contribution in [-0.4, -0.2) is 0 Å². The minimum atomic E-state index is -0.0736. The van der Waals surface area contributed by atoms with Crippen LogP contribution in [-0.2, 0) is 5.41 Å². The Balaban J connectivity index is 0.000000133. The molecule has 0 nitrogen and oxygen atoms in total. The molecule has 11 aromatic rings. The number of hydrogen-bond donors (Lipinski definition) is 0. The number of aryl methyl sites for hydroxylation is 1. The predicted octanol–water partition coefficient (Wildman–Crippen LogP) is 16.2. The van der Waals surface area contributed by atoms with Gasteiger partial charge in [-0.1, -0.05) is 207 Å². The second kappa shape index (κ2) is 13.3. The summed E-state index contributed by atoms with van der Waals surface area (Å²) in [6.45, 7) is 6.95. The summed E-state index contributed by atoms with van der Waals surface area (Å²) in [5.41, 5.74) is 12.2. The summed E-state index contributed by atoms with van der Waals surface area (Å²) in [6, 6.07) is 73.3. The fraction of sp³-hybridized carbons (Fsp3) is 0.0690. The topological polar surface area (TPSA) is 0 Å². The van der Waals surface area contributed by atoms with Gasteiger partial charge in [0.1, 0.15) is 0 Å². The van der Waals surface area contributed by atoms with Crippen molar-refractivity contribution >= 4 is 64.6 Å². The predicted molar refractivity (Wildman–Crippen MR) is 251 cm³/mol. The molecular formula is C58H42. The summed E-state index contributed by atoms with van der Waals surface area (Å²) in [6.07, 6.45) is 0. The van der Waals surface area contributed by atoms with Crippen molar-refractivity contribution < 1.29 is 0 Å². The molecule has 0 heterocycles. The third-order valence-corrected chi connectivity index (χ3v) is 12.7. The highest BCUT2D eigenvalue weighted by Gasteiger charge is 2.40. The van der Waals surface area contributed by atoms with Gasteiger partial charge in [-0.15, -0.1) is 0 Å². The summed E-state index contributed by atoms with van der Waals surface area (Å²) in [5, 5.41) is 15.8. The van der Waals surface area contributed by atoms with Gasteiger partial charge in [-0.25, -0.2) is 0 Å². The quantitative estimate of drug-likeness (QED) is 0.122. The van der Waals surface area contributed by atoms with Crippen LogP contribution in [0.25, 0.3) is 98.0 Å². The molecule has 58 heavy (non-hydrogen) atoms. The van der Waals surface area contributed by atoms with E-state index in [2.05, 4.69) is 221 Å². The van der Waals surface area contributed by atoms with Gasteiger partial charge < -0.3 is 0 Å². The van der Waals surface area contributed by atoms with E-state index in [1.165, 1.54) is 115 Å². The van der Waals surface area contributed by atoms with Crippen molar-refractivity contribution in [2.24, 2.45) is 0 Å². The third kappa shape index (κ3) is 5.29. The van der Waals surface area contributed by atoms with E-state index in [1.54, 1.807) is 0 Å². The minimum absolute atomic E-state index is 0.0736. The van der Waals surface area contributed by atoms with Gasteiger partial charge >= 0.3 is 0 Å². The Bertz CT molecular complexity index is 3360. The zero-order chi connectivity index (χ0) is 39.0. The van der Waals surface area contributed by atoms with Crippen LogP contribution in [0.3, 0.4) is 0 Å². The number of fused-ring (bicyclic) bond motifs is 13. The Hall–Kier alpha value is -7.02. The zero-order valence-electron chi connectivity index (χ0n) is 33.1. The number of hydrogen-bond acceptors (Lipinski definition) is 0. The van der Waals surface area contributed by atoms with Gasteiger partial charge in [0.2, 0.25) is 0 Å². The van der Waals surface area contributed by atoms with Crippen molar-refractivity contribution in [1.82, 2.24) is 0 Å². The fourth-order valence-corrected chi connectivity index (χ4v) is 10.1. The van der Waals surface area contributed by atoms with Gasteiger partial charge in [-0.2, -0.15) is 0 Å². The molecule has 0 fully saturated rings. The first kappa shape index (κ1) is 34.2. The molecule has 0 aliphatic heterocycles. The molecule has 0 aromatic heterocycles. The van der Waals surface area contributed by atoms with E-state index < -0.39 is 0 Å². The van der Waals surface area contributed by atoms with Crippen molar-refractivity contribution in [3.8, 4) is 33.4 Å². The molecule has 0 saturated carbocycles. The molecule has 0 N–H and O–H groups in total. The van der Waals surface area contributed by atoms with Crippen LogP contribution in [0.2, 0.25) is 0 Å². The molecule has 0 spiro atoms. The minimum Gasteiger partial charge on any atom is -0.0616 e. The van der Waals surface area contributed by atoms with Crippen molar-refractivity contribution in [2.45, 2.75) is 26.2 Å². The molecule has 0 amide bonds.